The normalized spacial score (nSPS) is 12.1. The molecule has 0 unspecified atom stereocenters. The third kappa shape index (κ3) is 3.65. The Kier molecular flexibility index (Phi) is 5.21. The fourth-order valence-electron chi connectivity index (χ4n) is 4.13. The maximum Gasteiger partial charge on any atom is 0.411 e. The molecule has 1 heterocycles. The van der Waals surface area contributed by atoms with E-state index in [0.717, 1.165) is 44.0 Å². The largest absolute Gasteiger partial charge is 0.477 e. The number of aromatic carboxylic acids is 1. The number of carbonyl (C=O) groups is 2. The lowest BCUT2D eigenvalue weighted by Crippen LogP contribution is -2.18. The Bertz CT molecular complexity index is 1270. The number of ether oxygens (including phenoxy) is 1. The van der Waals surface area contributed by atoms with Crippen molar-refractivity contribution in [3.8, 4) is 21.6 Å². The zero-order valence-corrected chi connectivity index (χ0v) is 17.8. The van der Waals surface area contributed by atoms with Gasteiger partial charge in [0.05, 0.1) is 5.69 Å². The van der Waals surface area contributed by atoms with Crippen molar-refractivity contribution in [1.29, 1.82) is 0 Å². The van der Waals surface area contributed by atoms with Gasteiger partial charge in [-0.2, -0.15) is 0 Å². The van der Waals surface area contributed by atoms with Gasteiger partial charge in [-0.15, -0.1) is 11.3 Å². The number of carboxylic acids is 1. The van der Waals surface area contributed by atoms with Gasteiger partial charge in [0.25, 0.3) is 0 Å². The molecule has 0 radical (unpaired) electrons. The standard InChI is InChI=1S/C26H19NO4S/c28-25(29)24-22(14-23(32-24)16-8-2-1-3-9-16)27-26(30)31-15-21-19-12-6-4-10-17(19)18-11-5-7-13-20(18)21/h1-14,21H,15H2,(H,27,30)(H,28,29). The van der Waals surface area contributed by atoms with Crippen LogP contribution < -0.4 is 5.32 Å². The van der Waals surface area contributed by atoms with Gasteiger partial charge in [0.1, 0.15) is 11.5 Å². The third-order valence-corrected chi connectivity index (χ3v) is 6.74. The van der Waals surface area contributed by atoms with E-state index < -0.39 is 12.1 Å². The Morgan fingerprint density at radius 2 is 1.47 bits per heavy atom. The Labute approximate surface area is 188 Å². The molecule has 1 aromatic heterocycles. The first kappa shape index (κ1) is 20.0. The monoisotopic (exact) mass is 441 g/mol. The van der Waals surface area contributed by atoms with Gasteiger partial charge in [-0.3, -0.25) is 5.32 Å². The molecule has 0 aliphatic heterocycles. The summed E-state index contributed by atoms with van der Waals surface area (Å²) in [6.07, 6.45) is -0.674. The SMILES string of the molecule is O=C(Nc1cc(-c2ccccc2)sc1C(=O)O)OCC1c2ccccc2-c2ccccc21. The number of carboxylic acid groups (broad SMARTS) is 1. The van der Waals surface area contributed by atoms with E-state index in [1.54, 1.807) is 6.07 Å². The number of anilines is 1. The van der Waals surface area contributed by atoms with Crippen LogP contribution in [0.5, 0.6) is 0 Å². The van der Waals surface area contributed by atoms with Gasteiger partial charge in [-0.25, -0.2) is 9.59 Å². The van der Waals surface area contributed by atoms with Crippen molar-refractivity contribution < 1.29 is 19.4 Å². The van der Waals surface area contributed by atoms with Crippen molar-refractivity contribution in [3.05, 3.63) is 101 Å². The van der Waals surface area contributed by atoms with Crippen LogP contribution in [-0.2, 0) is 4.74 Å². The van der Waals surface area contributed by atoms with E-state index in [1.165, 1.54) is 0 Å². The molecule has 3 aromatic carbocycles. The van der Waals surface area contributed by atoms with Gasteiger partial charge in [-0.05, 0) is 33.9 Å². The molecule has 0 fully saturated rings. The van der Waals surface area contributed by atoms with Gasteiger partial charge in [-0.1, -0.05) is 78.9 Å². The summed E-state index contributed by atoms with van der Waals surface area (Å²) < 4.78 is 5.55. The Morgan fingerprint density at radius 1 is 0.875 bits per heavy atom. The molecule has 5 rings (SSSR count). The Hall–Kier alpha value is -3.90. The lowest BCUT2D eigenvalue weighted by atomic mass is 9.98. The Morgan fingerprint density at radius 3 is 2.09 bits per heavy atom. The molecule has 2 N–H and O–H groups in total. The number of nitrogens with one attached hydrogen (secondary N) is 1. The third-order valence-electron chi connectivity index (χ3n) is 5.57. The lowest BCUT2D eigenvalue weighted by Gasteiger charge is -2.14. The average Bonchev–Trinajstić information content (AvgIpc) is 3.38. The molecule has 4 aromatic rings. The van der Waals surface area contributed by atoms with Crippen LogP contribution in [0.15, 0.2) is 84.9 Å². The highest BCUT2D eigenvalue weighted by Crippen LogP contribution is 2.44. The summed E-state index contributed by atoms with van der Waals surface area (Å²) in [6, 6.07) is 27.3. The molecule has 32 heavy (non-hydrogen) atoms. The maximum absolute atomic E-state index is 12.6. The molecule has 6 heteroatoms. The summed E-state index contributed by atoms with van der Waals surface area (Å²) >= 11 is 1.12. The minimum absolute atomic E-state index is 0.0607. The van der Waals surface area contributed by atoms with E-state index in [1.807, 2.05) is 54.6 Å². The minimum atomic E-state index is -1.09. The van der Waals surface area contributed by atoms with Crippen LogP contribution in [0, 0.1) is 0 Å². The first-order valence-electron chi connectivity index (χ1n) is 10.2. The summed E-state index contributed by atoms with van der Waals surface area (Å²) in [4.78, 5) is 25.1. The van der Waals surface area contributed by atoms with Crippen LogP contribution in [0.2, 0.25) is 0 Å². The van der Waals surface area contributed by atoms with E-state index in [4.69, 9.17) is 4.74 Å². The van der Waals surface area contributed by atoms with Crippen molar-refractivity contribution in [3.63, 3.8) is 0 Å². The van der Waals surface area contributed by atoms with E-state index in [9.17, 15) is 14.7 Å². The fraction of sp³-hybridized carbons (Fsp3) is 0.0769. The van der Waals surface area contributed by atoms with Crippen molar-refractivity contribution in [2.75, 3.05) is 11.9 Å². The second kappa shape index (κ2) is 8.32. The summed E-state index contributed by atoms with van der Waals surface area (Å²) in [6.45, 7) is 0.165. The fourth-order valence-corrected chi connectivity index (χ4v) is 5.09. The van der Waals surface area contributed by atoms with E-state index >= 15 is 0 Å². The molecule has 5 nitrogen and oxygen atoms in total. The molecule has 1 aliphatic carbocycles. The molecule has 0 bridgehead atoms. The van der Waals surface area contributed by atoms with Gasteiger partial charge < -0.3 is 9.84 Å². The average molecular weight is 442 g/mol. The summed E-state index contributed by atoms with van der Waals surface area (Å²) in [5, 5.41) is 12.2. The molecular formula is C26H19NO4S. The highest BCUT2D eigenvalue weighted by atomic mass is 32.1. The van der Waals surface area contributed by atoms with Crippen LogP contribution in [0.4, 0.5) is 10.5 Å². The smallest absolute Gasteiger partial charge is 0.411 e. The van der Waals surface area contributed by atoms with Gasteiger partial charge in [0.2, 0.25) is 0 Å². The van der Waals surface area contributed by atoms with Crippen molar-refractivity contribution in [2.24, 2.45) is 0 Å². The molecule has 0 spiro atoms. The predicted molar refractivity (Wildman–Crippen MR) is 125 cm³/mol. The maximum atomic E-state index is 12.6. The van der Waals surface area contributed by atoms with Gasteiger partial charge >= 0.3 is 12.1 Å². The van der Waals surface area contributed by atoms with E-state index in [-0.39, 0.29) is 23.1 Å². The van der Waals surface area contributed by atoms with Crippen LogP contribution in [0.3, 0.4) is 0 Å². The van der Waals surface area contributed by atoms with Crippen LogP contribution in [-0.4, -0.2) is 23.8 Å². The summed E-state index contributed by atoms with van der Waals surface area (Å²) in [5.41, 5.74) is 5.66. The number of fused-ring (bicyclic) bond motifs is 3. The molecule has 0 saturated heterocycles. The lowest BCUT2D eigenvalue weighted by molar-refractivity contribution is 0.0703. The number of hydrogen-bond donors (Lipinski definition) is 2. The van der Waals surface area contributed by atoms with E-state index in [0.29, 0.717) is 0 Å². The van der Waals surface area contributed by atoms with Crippen LogP contribution in [0.1, 0.15) is 26.7 Å². The number of rotatable bonds is 5. The number of hydrogen-bond acceptors (Lipinski definition) is 4. The number of carbonyl (C=O) groups excluding carboxylic acids is 1. The van der Waals surface area contributed by atoms with Crippen LogP contribution in [0.25, 0.3) is 21.6 Å². The minimum Gasteiger partial charge on any atom is -0.477 e. The predicted octanol–water partition coefficient (Wildman–Crippen LogP) is 6.47. The molecule has 0 saturated carbocycles. The molecular weight excluding hydrogens is 422 g/mol. The quantitative estimate of drug-likeness (QED) is 0.372. The van der Waals surface area contributed by atoms with Gasteiger partial charge in [0, 0.05) is 10.8 Å². The number of benzene rings is 3. The molecule has 158 valence electrons. The highest BCUT2D eigenvalue weighted by Gasteiger charge is 2.29. The van der Waals surface area contributed by atoms with E-state index in [2.05, 4.69) is 29.6 Å². The summed E-state index contributed by atoms with van der Waals surface area (Å²) in [7, 11) is 0. The first-order valence-corrected chi connectivity index (χ1v) is 11.0. The zero-order chi connectivity index (χ0) is 22.1. The van der Waals surface area contributed by atoms with Crippen LogP contribution >= 0.6 is 11.3 Å². The van der Waals surface area contributed by atoms with Crippen molar-refractivity contribution in [2.45, 2.75) is 5.92 Å². The van der Waals surface area contributed by atoms with Crippen molar-refractivity contribution in [1.82, 2.24) is 0 Å². The second-order valence-corrected chi connectivity index (χ2v) is 8.53. The topological polar surface area (TPSA) is 75.6 Å². The second-order valence-electron chi connectivity index (χ2n) is 7.48. The molecule has 1 amide bonds. The zero-order valence-electron chi connectivity index (χ0n) is 16.9. The number of thiophene rings is 1. The first-order chi connectivity index (χ1) is 15.6. The number of amides is 1. The summed E-state index contributed by atoms with van der Waals surface area (Å²) in [5.74, 6) is -1.15. The van der Waals surface area contributed by atoms with Gasteiger partial charge in [0.15, 0.2) is 0 Å². The Balaban J connectivity index is 1.34. The molecule has 1 aliphatic rings. The highest BCUT2D eigenvalue weighted by molar-refractivity contribution is 7.18. The molecule has 0 atom stereocenters. The van der Waals surface area contributed by atoms with Crippen molar-refractivity contribution >= 4 is 29.1 Å².